The standard InChI is InChI=1S/C19H20ClN3O2/c1-2-17-21-16-10-9-14(20)12-15(16)19(25)23(17)22-18(24)11-8-13-6-4-3-5-7-13/h3-7,9-10,12,17,21H,2,8,11H2,1H3,(H,22,24). The van der Waals surface area contributed by atoms with Gasteiger partial charge in [0.2, 0.25) is 5.91 Å². The molecule has 25 heavy (non-hydrogen) atoms. The molecule has 0 saturated heterocycles. The van der Waals surface area contributed by atoms with Gasteiger partial charge in [0, 0.05) is 17.1 Å². The smallest absolute Gasteiger partial charge is 0.276 e. The van der Waals surface area contributed by atoms with Gasteiger partial charge in [0.1, 0.15) is 6.17 Å². The number of benzene rings is 2. The summed E-state index contributed by atoms with van der Waals surface area (Å²) in [4.78, 5) is 25.1. The van der Waals surface area contributed by atoms with E-state index in [0.29, 0.717) is 29.8 Å². The Morgan fingerprint density at radius 1 is 1.24 bits per heavy atom. The Bertz CT molecular complexity index is 779. The molecule has 1 atom stereocenters. The lowest BCUT2D eigenvalue weighted by molar-refractivity contribution is -0.125. The summed E-state index contributed by atoms with van der Waals surface area (Å²) in [7, 11) is 0. The molecule has 1 aliphatic heterocycles. The van der Waals surface area contributed by atoms with Gasteiger partial charge in [0.25, 0.3) is 5.91 Å². The van der Waals surface area contributed by atoms with Crippen LogP contribution in [0.1, 0.15) is 35.7 Å². The Labute approximate surface area is 151 Å². The largest absolute Gasteiger partial charge is 0.363 e. The highest BCUT2D eigenvalue weighted by molar-refractivity contribution is 6.31. The number of aryl methyl sites for hydroxylation is 1. The van der Waals surface area contributed by atoms with E-state index in [4.69, 9.17) is 11.6 Å². The molecule has 2 N–H and O–H groups in total. The topological polar surface area (TPSA) is 61.4 Å². The summed E-state index contributed by atoms with van der Waals surface area (Å²) in [6.45, 7) is 1.95. The summed E-state index contributed by atoms with van der Waals surface area (Å²) in [5, 5.41) is 5.12. The van der Waals surface area contributed by atoms with Crippen LogP contribution in [0.25, 0.3) is 0 Å². The molecule has 1 unspecified atom stereocenters. The van der Waals surface area contributed by atoms with Crippen molar-refractivity contribution in [1.29, 1.82) is 0 Å². The first-order valence-corrected chi connectivity index (χ1v) is 8.69. The number of carbonyl (C=O) groups excluding carboxylic acids is 2. The molecule has 130 valence electrons. The van der Waals surface area contributed by atoms with E-state index in [9.17, 15) is 9.59 Å². The fourth-order valence-electron chi connectivity index (χ4n) is 2.84. The van der Waals surface area contributed by atoms with Crippen molar-refractivity contribution in [3.05, 3.63) is 64.7 Å². The molecule has 1 aliphatic rings. The number of rotatable bonds is 5. The average molecular weight is 358 g/mol. The highest BCUT2D eigenvalue weighted by Gasteiger charge is 2.32. The third kappa shape index (κ3) is 3.94. The molecular formula is C19H20ClN3O2. The van der Waals surface area contributed by atoms with Crippen LogP contribution in [0.2, 0.25) is 5.02 Å². The molecule has 5 nitrogen and oxygen atoms in total. The van der Waals surface area contributed by atoms with Gasteiger partial charge in [-0.05, 0) is 36.6 Å². The first-order valence-electron chi connectivity index (χ1n) is 8.31. The predicted molar refractivity (Wildman–Crippen MR) is 98.2 cm³/mol. The van der Waals surface area contributed by atoms with Crippen molar-refractivity contribution in [2.75, 3.05) is 5.32 Å². The maximum absolute atomic E-state index is 12.8. The zero-order chi connectivity index (χ0) is 17.8. The molecule has 6 heteroatoms. The number of amides is 2. The molecule has 2 amide bonds. The van der Waals surface area contributed by atoms with Crippen molar-refractivity contribution in [3.8, 4) is 0 Å². The second-order valence-corrected chi connectivity index (χ2v) is 6.39. The van der Waals surface area contributed by atoms with Crippen molar-refractivity contribution >= 4 is 29.1 Å². The van der Waals surface area contributed by atoms with Gasteiger partial charge in [-0.15, -0.1) is 0 Å². The number of hydrazine groups is 1. The summed E-state index contributed by atoms with van der Waals surface area (Å²) >= 11 is 6.00. The number of carbonyl (C=O) groups is 2. The average Bonchev–Trinajstić information content (AvgIpc) is 2.63. The number of nitrogens with one attached hydrogen (secondary N) is 2. The lowest BCUT2D eigenvalue weighted by Crippen LogP contribution is -2.57. The fraction of sp³-hybridized carbons (Fsp3) is 0.263. The van der Waals surface area contributed by atoms with Gasteiger partial charge in [0.15, 0.2) is 0 Å². The quantitative estimate of drug-likeness (QED) is 0.859. The molecule has 1 heterocycles. The number of hydrogen-bond acceptors (Lipinski definition) is 3. The first kappa shape index (κ1) is 17.3. The van der Waals surface area contributed by atoms with Crippen LogP contribution in [0.3, 0.4) is 0 Å². The van der Waals surface area contributed by atoms with Crippen LogP contribution in [-0.4, -0.2) is 23.0 Å². The minimum atomic E-state index is -0.290. The van der Waals surface area contributed by atoms with Gasteiger partial charge in [-0.25, -0.2) is 5.01 Å². The van der Waals surface area contributed by atoms with Crippen molar-refractivity contribution in [2.24, 2.45) is 0 Å². The molecule has 0 radical (unpaired) electrons. The summed E-state index contributed by atoms with van der Waals surface area (Å²) in [6.07, 6.45) is 1.31. The molecule has 0 aliphatic carbocycles. The van der Waals surface area contributed by atoms with E-state index < -0.39 is 0 Å². The van der Waals surface area contributed by atoms with E-state index in [2.05, 4.69) is 10.7 Å². The third-order valence-electron chi connectivity index (χ3n) is 4.18. The van der Waals surface area contributed by atoms with E-state index in [1.807, 2.05) is 37.3 Å². The molecule has 2 aromatic rings. The molecule has 0 spiro atoms. The van der Waals surface area contributed by atoms with Crippen LogP contribution in [-0.2, 0) is 11.2 Å². The first-order chi connectivity index (χ1) is 12.1. The molecule has 0 bridgehead atoms. The van der Waals surface area contributed by atoms with E-state index in [-0.39, 0.29) is 18.0 Å². The zero-order valence-electron chi connectivity index (χ0n) is 14.0. The van der Waals surface area contributed by atoms with E-state index in [1.165, 1.54) is 5.01 Å². The monoisotopic (exact) mass is 357 g/mol. The van der Waals surface area contributed by atoms with Crippen LogP contribution in [0, 0.1) is 0 Å². The molecule has 2 aromatic carbocycles. The molecular weight excluding hydrogens is 338 g/mol. The van der Waals surface area contributed by atoms with Gasteiger partial charge in [-0.2, -0.15) is 0 Å². The van der Waals surface area contributed by atoms with Crippen LogP contribution < -0.4 is 10.7 Å². The molecule has 0 aromatic heterocycles. The van der Waals surface area contributed by atoms with Gasteiger partial charge >= 0.3 is 0 Å². The molecule has 0 fully saturated rings. The van der Waals surface area contributed by atoms with Gasteiger partial charge in [-0.3, -0.25) is 15.0 Å². The normalized spacial score (nSPS) is 16.2. The van der Waals surface area contributed by atoms with Crippen LogP contribution in [0.5, 0.6) is 0 Å². The van der Waals surface area contributed by atoms with Crippen LogP contribution >= 0.6 is 11.6 Å². The number of fused-ring (bicyclic) bond motifs is 1. The van der Waals surface area contributed by atoms with Gasteiger partial charge in [0.05, 0.1) is 5.56 Å². The lowest BCUT2D eigenvalue weighted by Gasteiger charge is -2.37. The van der Waals surface area contributed by atoms with Crippen LogP contribution in [0.15, 0.2) is 48.5 Å². The molecule has 0 saturated carbocycles. The maximum atomic E-state index is 12.8. The predicted octanol–water partition coefficient (Wildman–Crippen LogP) is 3.61. The van der Waals surface area contributed by atoms with Gasteiger partial charge in [-0.1, -0.05) is 48.9 Å². The number of nitrogens with zero attached hydrogens (tertiary/aromatic N) is 1. The molecule has 3 rings (SSSR count). The van der Waals surface area contributed by atoms with E-state index in [0.717, 1.165) is 11.3 Å². The Hall–Kier alpha value is -2.53. The lowest BCUT2D eigenvalue weighted by atomic mass is 10.1. The van der Waals surface area contributed by atoms with Crippen molar-refractivity contribution in [3.63, 3.8) is 0 Å². The Morgan fingerprint density at radius 2 is 2.00 bits per heavy atom. The minimum Gasteiger partial charge on any atom is -0.363 e. The number of halogens is 1. The maximum Gasteiger partial charge on any atom is 0.276 e. The van der Waals surface area contributed by atoms with Crippen molar-refractivity contribution < 1.29 is 9.59 Å². The highest BCUT2D eigenvalue weighted by Crippen LogP contribution is 2.28. The Balaban J connectivity index is 1.69. The van der Waals surface area contributed by atoms with E-state index >= 15 is 0 Å². The third-order valence-corrected chi connectivity index (χ3v) is 4.42. The number of anilines is 1. The zero-order valence-corrected chi connectivity index (χ0v) is 14.7. The number of hydrogen-bond donors (Lipinski definition) is 2. The second kappa shape index (κ2) is 7.57. The summed E-state index contributed by atoms with van der Waals surface area (Å²) in [6, 6.07) is 14.9. The van der Waals surface area contributed by atoms with E-state index in [1.54, 1.807) is 18.2 Å². The SMILES string of the molecule is CCC1Nc2ccc(Cl)cc2C(=O)N1NC(=O)CCc1ccccc1. The van der Waals surface area contributed by atoms with Gasteiger partial charge < -0.3 is 5.32 Å². The Morgan fingerprint density at radius 3 is 2.72 bits per heavy atom. The second-order valence-electron chi connectivity index (χ2n) is 5.95. The summed E-state index contributed by atoms with van der Waals surface area (Å²) in [5.74, 6) is -0.445. The van der Waals surface area contributed by atoms with Crippen molar-refractivity contribution in [2.45, 2.75) is 32.4 Å². The fourth-order valence-corrected chi connectivity index (χ4v) is 3.01. The van der Waals surface area contributed by atoms with Crippen LogP contribution in [0.4, 0.5) is 5.69 Å². The van der Waals surface area contributed by atoms with Crippen molar-refractivity contribution in [1.82, 2.24) is 10.4 Å². The summed E-state index contributed by atoms with van der Waals surface area (Å²) in [5.41, 5.74) is 5.02. The minimum absolute atomic E-state index is 0.192. The highest BCUT2D eigenvalue weighted by atomic mass is 35.5. The Kier molecular flexibility index (Phi) is 5.24. The summed E-state index contributed by atoms with van der Waals surface area (Å²) < 4.78 is 0.